The average molecular weight is 405 g/mol. The van der Waals surface area contributed by atoms with Crippen LogP contribution in [-0.2, 0) is 9.59 Å². The van der Waals surface area contributed by atoms with Crippen molar-refractivity contribution < 1.29 is 9.59 Å². The Labute approximate surface area is 153 Å². The number of anilines is 2. The molecule has 24 heavy (non-hydrogen) atoms. The van der Waals surface area contributed by atoms with Crippen LogP contribution in [0.15, 0.2) is 57.9 Å². The molecule has 0 aliphatic heterocycles. The van der Waals surface area contributed by atoms with E-state index in [0.29, 0.717) is 5.75 Å². The number of carbonyl (C=O) groups is 2. The third-order valence-corrected chi connectivity index (χ3v) is 5.11. The molecule has 1 saturated carbocycles. The predicted molar refractivity (Wildman–Crippen MR) is 101 cm³/mol. The summed E-state index contributed by atoms with van der Waals surface area (Å²) in [5.74, 6) is 0.586. The molecule has 0 bridgehead atoms. The minimum Gasteiger partial charge on any atom is -0.326 e. The van der Waals surface area contributed by atoms with Gasteiger partial charge < -0.3 is 10.6 Å². The molecule has 4 nitrogen and oxygen atoms in total. The number of hydrogen-bond donors (Lipinski definition) is 2. The largest absolute Gasteiger partial charge is 0.326 e. The van der Waals surface area contributed by atoms with Crippen LogP contribution in [0.25, 0.3) is 0 Å². The van der Waals surface area contributed by atoms with Crippen LogP contribution < -0.4 is 10.6 Å². The Kier molecular flexibility index (Phi) is 5.58. The number of halogens is 1. The highest BCUT2D eigenvalue weighted by Gasteiger charge is 2.29. The molecule has 2 aromatic rings. The predicted octanol–water partition coefficient (Wildman–Crippen LogP) is 4.53. The summed E-state index contributed by atoms with van der Waals surface area (Å²) in [4.78, 5) is 24.7. The van der Waals surface area contributed by atoms with Gasteiger partial charge in [0.05, 0.1) is 5.75 Å². The summed E-state index contributed by atoms with van der Waals surface area (Å²) in [7, 11) is 0. The van der Waals surface area contributed by atoms with Gasteiger partial charge in [-0.05, 0) is 61.4 Å². The number of thioether (sulfide) groups is 1. The molecule has 6 heteroatoms. The zero-order chi connectivity index (χ0) is 16.9. The van der Waals surface area contributed by atoms with Crippen LogP contribution in [0.5, 0.6) is 0 Å². The average Bonchev–Trinajstić information content (AvgIpc) is 3.41. The highest BCUT2D eigenvalue weighted by Crippen LogP contribution is 2.30. The quantitative estimate of drug-likeness (QED) is 0.695. The lowest BCUT2D eigenvalue weighted by atomic mass is 10.3. The van der Waals surface area contributed by atoms with E-state index in [1.807, 2.05) is 48.5 Å². The Hall–Kier alpha value is -1.79. The second-order valence-electron chi connectivity index (χ2n) is 5.63. The van der Waals surface area contributed by atoms with Gasteiger partial charge in [0.1, 0.15) is 0 Å². The molecule has 0 heterocycles. The number of amides is 2. The topological polar surface area (TPSA) is 58.2 Å². The Balaban J connectivity index is 1.46. The van der Waals surface area contributed by atoms with E-state index in [0.717, 1.165) is 33.6 Å². The lowest BCUT2D eigenvalue weighted by molar-refractivity contribution is -0.117. The summed E-state index contributed by atoms with van der Waals surface area (Å²) in [6.45, 7) is 0. The number of rotatable bonds is 6. The summed E-state index contributed by atoms with van der Waals surface area (Å²) in [5, 5.41) is 5.76. The lowest BCUT2D eigenvalue weighted by Gasteiger charge is -2.07. The molecular weight excluding hydrogens is 388 g/mol. The molecule has 124 valence electrons. The van der Waals surface area contributed by atoms with Crippen LogP contribution in [0.3, 0.4) is 0 Å². The van der Waals surface area contributed by atoms with Crippen LogP contribution >= 0.6 is 27.7 Å². The van der Waals surface area contributed by atoms with Gasteiger partial charge in [0.2, 0.25) is 11.8 Å². The molecule has 0 aromatic heterocycles. The second kappa shape index (κ2) is 7.85. The van der Waals surface area contributed by atoms with Crippen molar-refractivity contribution in [2.75, 3.05) is 16.4 Å². The van der Waals surface area contributed by atoms with Gasteiger partial charge in [0.25, 0.3) is 0 Å². The van der Waals surface area contributed by atoms with Gasteiger partial charge in [0, 0.05) is 26.7 Å². The highest BCUT2D eigenvalue weighted by molar-refractivity contribution is 9.10. The van der Waals surface area contributed by atoms with Crippen LogP contribution in [0.1, 0.15) is 12.8 Å². The van der Waals surface area contributed by atoms with Gasteiger partial charge in [-0.3, -0.25) is 9.59 Å². The maximum Gasteiger partial charge on any atom is 0.234 e. The van der Waals surface area contributed by atoms with Crippen molar-refractivity contribution in [3.63, 3.8) is 0 Å². The fraction of sp³-hybridized carbons (Fsp3) is 0.222. The highest BCUT2D eigenvalue weighted by atomic mass is 79.9. The maximum absolute atomic E-state index is 12.0. The number of nitrogens with one attached hydrogen (secondary N) is 2. The number of benzene rings is 2. The molecule has 1 aliphatic rings. The van der Waals surface area contributed by atoms with Crippen molar-refractivity contribution >= 4 is 50.9 Å². The summed E-state index contributed by atoms with van der Waals surface area (Å²) < 4.78 is 0.976. The second-order valence-corrected chi connectivity index (χ2v) is 7.60. The summed E-state index contributed by atoms with van der Waals surface area (Å²) in [6.07, 6.45) is 1.99. The van der Waals surface area contributed by atoms with Crippen molar-refractivity contribution in [1.29, 1.82) is 0 Å². The molecule has 2 N–H and O–H groups in total. The van der Waals surface area contributed by atoms with Gasteiger partial charge in [-0.15, -0.1) is 11.8 Å². The van der Waals surface area contributed by atoms with E-state index < -0.39 is 0 Å². The van der Waals surface area contributed by atoms with Crippen LogP contribution in [-0.4, -0.2) is 17.6 Å². The van der Waals surface area contributed by atoms with Gasteiger partial charge in [-0.1, -0.05) is 15.9 Å². The van der Waals surface area contributed by atoms with E-state index in [1.54, 1.807) is 0 Å². The Morgan fingerprint density at radius 2 is 1.54 bits per heavy atom. The van der Waals surface area contributed by atoms with Gasteiger partial charge in [0.15, 0.2) is 0 Å². The minimum absolute atomic E-state index is 0.0477. The van der Waals surface area contributed by atoms with E-state index >= 15 is 0 Å². The van der Waals surface area contributed by atoms with Crippen LogP contribution in [0.2, 0.25) is 0 Å². The van der Waals surface area contributed by atoms with E-state index in [-0.39, 0.29) is 17.7 Å². The molecule has 0 atom stereocenters. The van der Waals surface area contributed by atoms with Gasteiger partial charge in [-0.2, -0.15) is 0 Å². The van der Waals surface area contributed by atoms with E-state index in [2.05, 4.69) is 26.6 Å². The van der Waals surface area contributed by atoms with Crippen LogP contribution in [0.4, 0.5) is 11.4 Å². The Bertz CT molecular complexity index is 728. The Morgan fingerprint density at radius 1 is 0.958 bits per heavy atom. The van der Waals surface area contributed by atoms with Crippen molar-refractivity contribution in [2.45, 2.75) is 17.7 Å². The first-order valence-electron chi connectivity index (χ1n) is 7.69. The zero-order valence-electron chi connectivity index (χ0n) is 12.9. The van der Waals surface area contributed by atoms with Gasteiger partial charge >= 0.3 is 0 Å². The summed E-state index contributed by atoms with van der Waals surface area (Å²) in [6, 6.07) is 15.0. The lowest BCUT2D eigenvalue weighted by Crippen LogP contribution is -2.14. The fourth-order valence-corrected chi connectivity index (χ4v) is 3.07. The molecule has 1 aliphatic carbocycles. The minimum atomic E-state index is -0.0477. The zero-order valence-corrected chi connectivity index (χ0v) is 15.3. The molecule has 2 amide bonds. The SMILES string of the molecule is O=C(CSc1ccc(NC(=O)C2CC2)cc1)Nc1ccc(Br)cc1. The number of hydrogen-bond acceptors (Lipinski definition) is 3. The first-order chi connectivity index (χ1) is 11.6. The van der Waals surface area contributed by atoms with E-state index in [4.69, 9.17) is 0 Å². The molecule has 0 saturated heterocycles. The van der Waals surface area contributed by atoms with Gasteiger partial charge in [-0.25, -0.2) is 0 Å². The molecule has 3 rings (SSSR count). The van der Waals surface area contributed by atoms with E-state index in [9.17, 15) is 9.59 Å². The normalized spacial score (nSPS) is 13.4. The standard InChI is InChI=1S/C18H17BrN2O2S/c19-13-3-5-14(6-4-13)20-17(22)11-24-16-9-7-15(8-10-16)21-18(23)12-1-2-12/h3-10,12H,1-2,11H2,(H,20,22)(H,21,23). The maximum atomic E-state index is 12.0. The summed E-state index contributed by atoms with van der Waals surface area (Å²) >= 11 is 4.82. The molecule has 2 aromatic carbocycles. The molecular formula is C18H17BrN2O2S. The molecule has 0 spiro atoms. The van der Waals surface area contributed by atoms with Crippen molar-refractivity contribution in [2.24, 2.45) is 5.92 Å². The monoisotopic (exact) mass is 404 g/mol. The first kappa shape index (κ1) is 17.0. The molecule has 0 radical (unpaired) electrons. The first-order valence-corrected chi connectivity index (χ1v) is 9.47. The van der Waals surface area contributed by atoms with Crippen LogP contribution in [0, 0.1) is 5.92 Å². The van der Waals surface area contributed by atoms with Crippen molar-refractivity contribution in [1.82, 2.24) is 0 Å². The fourth-order valence-electron chi connectivity index (χ4n) is 2.10. The molecule has 1 fully saturated rings. The third-order valence-electron chi connectivity index (χ3n) is 3.57. The molecule has 0 unspecified atom stereocenters. The van der Waals surface area contributed by atoms with E-state index in [1.165, 1.54) is 11.8 Å². The third kappa shape index (κ3) is 5.11. The summed E-state index contributed by atoms with van der Waals surface area (Å²) in [5.41, 5.74) is 1.58. The Morgan fingerprint density at radius 3 is 2.17 bits per heavy atom. The van der Waals surface area contributed by atoms with Crippen molar-refractivity contribution in [3.8, 4) is 0 Å². The number of carbonyl (C=O) groups excluding carboxylic acids is 2. The van der Waals surface area contributed by atoms with Crippen molar-refractivity contribution in [3.05, 3.63) is 53.0 Å². The smallest absolute Gasteiger partial charge is 0.234 e.